The average molecular weight is 833 g/mol. The Hall–Kier alpha value is -5.38. The molecule has 61 heavy (non-hydrogen) atoms. The van der Waals surface area contributed by atoms with Gasteiger partial charge in [-0.1, -0.05) is 110 Å². The minimum Gasteiger partial charge on any atom is -0.494 e. The summed E-state index contributed by atoms with van der Waals surface area (Å²) in [5, 5.41) is 17.2. The van der Waals surface area contributed by atoms with Gasteiger partial charge in [-0.05, 0) is 123 Å². The molecule has 0 aromatic heterocycles. The molecule has 0 heterocycles. The SMILES string of the molecule is CCCCCCCCCCOc1ccc(N=Nc2ccc(OC(=O)CCCCCC(=O)Oc3ccc(N=Nc4ccc(OCCCCCCCCCC)cc4)cc3)cc2)cc1. The summed E-state index contributed by atoms with van der Waals surface area (Å²) in [5.74, 6) is 1.91. The van der Waals surface area contributed by atoms with E-state index in [1.807, 2.05) is 48.5 Å². The van der Waals surface area contributed by atoms with E-state index in [9.17, 15) is 9.59 Å². The number of carbonyl (C=O) groups excluding carboxylic acids is 2. The van der Waals surface area contributed by atoms with Crippen molar-refractivity contribution in [1.29, 1.82) is 0 Å². The van der Waals surface area contributed by atoms with Gasteiger partial charge in [0.15, 0.2) is 0 Å². The summed E-state index contributed by atoms with van der Waals surface area (Å²) >= 11 is 0. The largest absolute Gasteiger partial charge is 0.494 e. The van der Waals surface area contributed by atoms with Crippen LogP contribution in [0.3, 0.4) is 0 Å². The van der Waals surface area contributed by atoms with E-state index in [0.717, 1.165) is 48.9 Å². The molecule has 0 saturated carbocycles. The molecular weight excluding hydrogens is 765 g/mol. The smallest absolute Gasteiger partial charge is 0.311 e. The molecule has 0 aliphatic heterocycles. The normalized spacial score (nSPS) is 11.3. The van der Waals surface area contributed by atoms with Crippen molar-refractivity contribution in [3.63, 3.8) is 0 Å². The minimum atomic E-state index is -0.325. The van der Waals surface area contributed by atoms with Crippen LogP contribution in [0.4, 0.5) is 22.7 Å². The Balaban J connectivity index is 1.02. The predicted octanol–water partition coefficient (Wildman–Crippen LogP) is 16.0. The summed E-state index contributed by atoms with van der Waals surface area (Å²) in [7, 11) is 0. The molecule has 4 rings (SSSR count). The lowest BCUT2D eigenvalue weighted by atomic mass is 10.1. The average Bonchev–Trinajstić information content (AvgIpc) is 3.28. The standard InChI is InChI=1S/C51H68N4O6/c1-3-5-7-9-11-13-15-20-40-58-46-32-24-42(25-33-46)52-54-44-28-36-48(37-29-44)60-50(56)22-18-17-19-23-51(57)61-49-38-30-45(31-39-49)55-53-43-26-34-47(35-27-43)59-41-21-16-14-12-10-8-6-4-2/h24-39H,3-23,40-41H2,1-2H3. The molecule has 0 atom stereocenters. The molecule has 10 heteroatoms. The van der Waals surface area contributed by atoms with Gasteiger partial charge in [0, 0.05) is 12.8 Å². The molecule has 0 saturated heterocycles. The summed E-state index contributed by atoms with van der Waals surface area (Å²) in [6, 6.07) is 29.0. The fraction of sp³-hybridized carbons (Fsp3) is 0.490. The first-order valence-corrected chi connectivity index (χ1v) is 22.9. The summed E-state index contributed by atoms with van der Waals surface area (Å²) in [4.78, 5) is 24.8. The molecule has 0 radical (unpaired) electrons. The second-order valence-corrected chi connectivity index (χ2v) is 15.5. The van der Waals surface area contributed by atoms with Crippen LogP contribution in [0.2, 0.25) is 0 Å². The Kier molecular flexibility index (Phi) is 24.2. The molecule has 10 nitrogen and oxygen atoms in total. The number of carbonyl (C=O) groups is 2. The van der Waals surface area contributed by atoms with Crippen LogP contribution < -0.4 is 18.9 Å². The van der Waals surface area contributed by atoms with E-state index in [1.165, 1.54) is 89.9 Å². The van der Waals surface area contributed by atoms with Crippen molar-refractivity contribution >= 4 is 34.7 Å². The summed E-state index contributed by atoms with van der Waals surface area (Å²) < 4.78 is 22.7. The Bertz CT molecular complexity index is 1690. The maximum atomic E-state index is 12.4. The van der Waals surface area contributed by atoms with Crippen molar-refractivity contribution in [2.45, 2.75) is 149 Å². The van der Waals surface area contributed by atoms with E-state index >= 15 is 0 Å². The third-order valence-electron chi connectivity index (χ3n) is 10.2. The van der Waals surface area contributed by atoms with Gasteiger partial charge < -0.3 is 18.9 Å². The molecule has 0 spiro atoms. The highest BCUT2D eigenvalue weighted by atomic mass is 16.5. The number of nitrogens with zero attached hydrogens (tertiary/aromatic N) is 4. The first-order chi connectivity index (χ1) is 30.0. The highest BCUT2D eigenvalue weighted by molar-refractivity contribution is 5.73. The van der Waals surface area contributed by atoms with Crippen molar-refractivity contribution in [3.05, 3.63) is 97.1 Å². The van der Waals surface area contributed by atoms with E-state index in [1.54, 1.807) is 48.5 Å². The monoisotopic (exact) mass is 833 g/mol. The maximum absolute atomic E-state index is 12.4. The van der Waals surface area contributed by atoms with Crippen molar-refractivity contribution in [2.75, 3.05) is 13.2 Å². The van der Waals surface area contributed by atoms with Gasteiger partial charge in [-0.25, -0.2) is 0 Å². The zero-order chi connectivity index (χ0) is 43.0. The van der Waals surface area contributed by atoms with Gasteiger partial charge in [0.05, 0.1) is 36.0 Å². The van der Waals surface area contributed by atoms with Crippen molar-refractivity contribution < 1.29 is 28.5 Å². The number of hydrogen-bond acceptors (Lipinski definition) is 10. The van der Waals surface area contributed by atoms with Crippen LogP contribution in [-0.2, 0) is 9.59 Å². The van der Waals surface area contributed by atoms with Crippen LogP contribution >= 0.6 is 0 Å². The second kappa shape index (κ2) is 30.6. The topological polar surface area (TPSA) is 121 Å². The predicted molar refractivity (Wildman–Crippen MR) is 245 cm³/mol. The molecule has 0 amide bonds. The number of unbranched alkanes of at least 4 members (excludes halogenated alkanes) is 16. The fourth-order valence-corrected chi connectivity index (χ4v) is 6.54. The third-order valence-corrected chi connectivity index (χ3v) is 10.2. The molecule has 4 aromatic carbocycles. The Morgan fingerprint density at radius 1 is 0.344 bits per heavy atom. The van der Waals surface area contributed by atoms with E-state index in [0.29, 0.717) is 42.1 Å². The quantitative estimate of drug-likeness (QED) is 0.0209. The lowest BCUT2D eigenvalue weighted by molar-refractivity contribution is -0.134. The number of rotatable bonds is 32. The zero-order valence-electron chi connectivity index (χ0n) is 36.7. The fourth-order valence-electron chi connectivity index (χ4n) is 6.54. The van der Waals surface area contributed by atoms with Crippen molar-refractivity contribution in [3.8, 4) is 23.0 Å². The van der Waals surface area contributed by atoms with Gasteiger partial charge in [-0.2, -0.15) is 20.5 Å². The summed E-state index contributed by atoms with van der Waals surface area (Å²) in [5.41, 5.74) is 2.75. The Morgan fingerprint density at radius 2 is 0.607 bits per heavy atom. The van der Waals surface area contributed by atoms with Gasteiger partial charge >= 0.3 is 11.9 Å². The number of benzene rings is 4. The Labute approximate surface area is 364 Å². The van der Waals surface area contributed by atoms with Gasteiger partial charge in [0.25, 0.3) is 0 Å². The molecule has 328 valence electrons. The summed E-state index contributed by atoms with van der Waals surface area (Å²) in [6.07, 6.45) is 22.8. The van der Waals surface area contributed by atoms with Gasteiger partial charge in [-0.3, -0.25) is 9.59 Å². The molecule has 0 fully saturated rings. The highest BCUT2D eigenvalue weighted by Gasteiger charge is 2.08. The van der Waals surface area contributed by atoms with Crippen LogP contribution in [-0.4, -0.2) is 25.2 Å². The van der Waals surface area contributed by atoms with Crippen LogP contribution in [0.1, 0.15) is 149 Å². The van der Waals surface area contributed by atoms with Crippen LogP contribution in [0.15, 0.2) is 118 Å². The van der Waals surface area contributed by atoms with E-state index < -0.39 is 0 Å². The highest BCUT2D eigenvalue weighted by Crippen LogP contribution is 2.26. The number of azo groups is 2. The van der Waals surface area contributed by atoms with E-state index in [-0.39, 0.29) is 24.8 Å². The molecular formula is C51H68N4O6. The van der Waals surface area contributed by atoms with Crippen LogP contribution in [0, 0.1) is 0 Å². The molecule has 0 aliphatic carbocycles. The molecule has 0 unspecified atom stereocenters. The Morgan fingerprint density at radius 3 is 0.918 bits per heavy atom. The number of esters is 2. The minimum absolute atomic E-state index is 0.253. The van der Waals surface area contributed by atoms with E-state index in [4.69, 9.17) is 18.9 Å². The van der Waals surface area contributed by atoms with Gasteiger partial charge in [0.2, 0.25) is 0 Å². The number of hydrogen-bond donors (Lipinski definition) is 0. The molecule has 0 aliphatic rings. The lowest BCUT2D eigenvalue weighted by Gasteiger charge is -2.06. The van der Waals surface area contributed by atoms with Crippen LogP contribution in [0.25, 0.3) is 0 Å². The molecule has 0 bridgehead atoms. The maximum Gasteiger partial charge on any atom is 0.311 e. The third kappa shape index (κ3) is 22.2. The first kappa shape index (κ1) is 48.3. The summed E-state index contributed by atoms with van der Waals surface area (Å²) in [6.45, 7) is 5.95. The van der Waals surface area contributed by atoms with Gasteiger partial charge in [0.1, 0.15) is 23.0 Å². The number of ether oxygens (including phenoxy) is 4. The van der Waals surface area contributed by atoms with Gasteiger partial charge in [-0.15, -0.1) is 0 Å². The second-order valence-electron chi connectivity index (χ2n) is 15.5. The van der Waals surface area contributed by atoms with Crippen molar-refractivity contribution in [2.24, 2.45) is 20.5 Å². The lowest BCUT2D eigenvalue weighted by Crippen LogP contribution is -2.09. The van der Waals surface area contributed by atoms with Crippen LogP contribution in [0.5, 0.6) is 23.0 Å². The van der Waals surface area contributed by atoms with E-state index in [2.05, 4.69) is 34.3 Å². The molecule has 4 aromatic rings. The first-order valence-electron chi connectivity index (χ1n) is 22.9. The van der Waals surface area contributed by atoms with Crippen molar-refractivity contribution in [1.82, 2.24) is 0 Å². The zero-order valence-corrected chi connectivity index (χ0v) is 36.7. The molecule has 0 N–H and O–H groups in total.